The summed E-state index contributed by atoms with van der Waals surface area (Å²) in [6.07, 6.45) is 0. The third-order valence-corrected chi connectivity index (χ3v) is 0. The Labute approximate surface area is 90.7 Å². The Kier molecular flexibility index (Phi) is 19.9. The van der Waals surface area contributed by atoms with Crippen LogP contribution in [0.5, 0.6) is 0 Å². The third-order valence-electron chi connectivity index (χ3n) is 0. The SMILES string of the molecule is O.[O-][Cl+3]([O-])([O-])[O-].[O-][Cl+3]([O-])([O-])[O-].[O]=[Zr+2]. The summed E-state index contributed by atoms with van der Waals surface area (Å²) in [5, 5.41) is 0. The topological polar surface area (TPSA) is 233 Å². The number of hydrogen-bond donors (Lipinski definition) is 0. The first-order valence-corrected chi connectivity index (χ1v) is 4.91. The van der Waals surface area contributed by atoms with Crippen molar-refractivity contribution in [3.8, 4) is 0 Å². The van der Waals surface area contributed by atoms with E-state index < -0.39 is 20.5 Å². The zero-order chi connectivity index (χ0) is 11.0. The van der Waals surface area contributed by atoms with Crippen LogP contribution < -0.4 is 37.3 Å². The van der Waals surface area contributed by atoms with Gasteiger partial charge in [-0.25, -0.2) is 37.3 Å². The van der Waals surface area contributed by atoms with Gasteiger partial charge in [0.15, 0.2) is 0 Å². The molecule has 0 radical (unpaired) electrons. The van der Waals surface area contributed by atoms with Gasteiger partial charge >= 0.3 is 27.5 Å². The Morgan fingerprint density at radius 1 is 0.615 bits per heavy atom. The molecule has 0 aromatic carbocycles. The molecule has 13 heavy (non-hydrogen) atoms. The molecular formula is H2Cl2O10Zr. The van der Waals surface area contributed by atoms with Gasteiger partial charge in [0.05, 0.1) is 0 Å². The fraction of sp³-hybridized carbons (Fsp3) is 0. The van der Waals surface area contributed by atoms with E-state index in [9.17, 15) is 0 Å². The molecule has 13 heteroatoms. The maximum atomic E-state index is 8.49. The molecule has 10 nitrogen and oxygen atoms in total. The van der Waals surface area contributed by atoms with E-state index in [-0.39, 0.29) is 5.48 Å². The van der Waals surface area contributed by atoms with Gasteiger partial charge in [-0.05, 0) is 0 Å². The molecular weight excluding hydrogens is 322 g/mol. The minimum atomic E-state index is -4.94. The predicted octanol–water partition coefficient (Wildman–Crippen LogP) is -10.5. The van der Waals surface area contributed by atoms with Gasteiger partial charge in [-0.15, -0.1) is 20.5 Å². The van der Waals surface area contributed by atoms with Crippen LogP contribution in [0.15, 0.2) is 0 Å². The van der Waals surface area contributed by atoms with Crippen LogP contribution in [0.25, 0.3) is 0 Å². The molecule has 0 aromatic rings. The molecule has 0 aliphatic carbocycles. The quantitative estimate of drug-likeness (QED) is 0.410. The molecule has 0 atom stereocenters. The van der Waals surface area contributed by atoms with Crippen molar-refractivity contribution in [1.29, 1.82) is 0 Å². The molecule has 80 valence electrons. The molecule has 2 N–H and O–H groups in total. The van der Waals surface area contributed by atoms with Gasteiger partial charge in [0.2, 0.25) is 0 Å². The fourth-order valence-electron chi connectivity index (χ4n) is 0. The number of hydrogen-bond acceptors (Lipinski definition) is 9. The first-order chi connectivity index (χ1) is 5.00. The molecule has 0 saturated heterocycles. The van der Waals surface area contributed by atoms with Crippen molar-refractivity contribution in [2.24, 2.45) is 0 Å². The van der Waals surface area contributed by atoms with Crippen LogP contribution in [0.1, 0.15) is 0 Å². The maximum absolute atomic E-state index is 8.49. The van der Waals surface area contributed by atoms with Crippen LogP contribution in [0.2, 0.25) is 0 Å². The van der Waals surface area contributed by atoms with Gasteiger partial charge in [0.1, 0.15) is 0 Å². The Hall–Kier alpha value is 0.903. The van der Waals surface area contributed by atoms with E-state index in [1.54, 1.807) is 0 Å². The molecule has 0 rings (SSSR count). The van der Waals surface area contributed by atoms with Gasteiger partial charge in [-0.3, -0.25) is 0 Å². The Bertz CT molecular complexity index is 66.1. The number of rotatable bonds is 0. The minimum absolute atomic E-state index is 0. The molecule has 0 aliphatic heterocycles. The van der Waals surface area contributed by atoms with Crippen molar-refractivity contribution >= 4 is 0 Å². The molecule has 0 spiro atoms. The summed E-state index contributed by atoms with van der Waals surface area (Å²) < 4.78 is 76.3. The van der Waals surface area contributed by atoms with Crippen molar-refractivity contribution < 1.29 is 90.8 Å². The summed E-state index contributed by atoms with van der Waals surface area (Å²) in [5.74, 6) is 0. The molecule has 0 saturated carbocycles. The van der Waals surface area contributed by atoms with Crippen LogP contribution in [0.4, 0.5) is 0 Å². The van der Waals surface area contributed by atoms with E-state index in [1.165, 1.54) is 0 Å². The van der Waals surface area contributed by atoms with E-state index in [0.717, 1.165) is 0 Å². The van der Waals surface area contributed by atoms with Crippen molar-refractivity contribution in [2.75, 3.05) is 0 Å². The molecule has 0 aromatic heterocycles. The van der Waals surface area contributed by atoms with E-state index >= 15 is 0 Å². The van der Waals surface area contributed by atoms with Crippen molar-refractivity contribution in [2.45, 2.75) is 0 Å². The Balaban J connectivity index is -0.0000000491. The van der Waals surface area contributed by atoms with Crippen LogP contribution in [0, 0.1) is 20.5 Å². The average molecular weight is 324 g/mol. The molecule has 0 fully saturated rings. The number of halogens is 2. The van der Waals surface area contributed by atoms with Crippen LogP contribution in [-0.4, -0.2) is 5.48 Å². The summed E-state index contributed by atoms with van der Waals surface area (Å²) in [6.45, 7) is 0. The summed E-state index contributed by atoms with van der Waals surface area (Å²) in [5.41, 5.74) is 0. The van der Waals surface area contributed by atoms with Crippen molar-refractivity contribution in [3.63, 3.8) is 0 Å². The molecule has 0 bridgehead atoms. The Morgan fingerprint density at radius 2 is 0.615 bits per heavy atom. The van der Waals surface area contributed by atoms with Gasteiger partial charge in [-0.2, -0.15) is 0 Å². The average Bonchev–Trinajstić information content (AvgIpc) is 1.59. The molecule has 0 aliphatic rings. The molecule has 0 amide bonds. The summed E-state index contributed by atoms with van der Waals surface area (Å²) in [6, 6.07) is 0. The van der Waals surface area contributed by atoms with Gasteiger partial charge in [-0.1, -0.05) is 0 Å². The van der Waals surface area contributed by atoms with Crippen LogP contribution in [0.3, 0.4) is 0 Å². The normalized spacial score (nSPS) is 9.69. The Morgan fingerprint density at radius 3 is 0.615 bits per heavy atom. The second kappa shape index (κ2) is 11.0. The van der Waals surface area contributed by atoms with Gasteiger partial charge in [0, 0.05) is 0 Å². The van der Waals surface area contributed by atoms with E-state index in [1.807, 2.05) is 0 Å². The summed E-state index contributed by atoms with van der Waals surface area (Å²) in [4.78, 5) is 0. The predicted molar refractivity (Wildman–Crippen MR) is 4.30 cm³/mol. The van der Waals surface area contributed by atoms with Crippen molar-refractivity contribution in [1.82, 2.24) is 0 Å². The van der Waals surface area contributed by atoms with E-state index in [2.05, 4.69) is 0 Å². The zero-order valence-electron chi connectivity index (χ0n) is 5.43. The first kappa shape index (κ1) is 23.6. The van der Waals surface area contributed by atoms with Crippen LogP contribution in [-0.2, 0) is 27.5 Å². The van der Waals surface area contributed by atoms with E-state index in [0.29, 0.717) is 24.7 Å². The summed E-state index contributed by atoms with van der Waals surface area (Å²) >= 11 is 0.300. The fourth-order valence-corrected chi connectivity index (χ4v) is 0. The van der Waals surface area contributed by atoms with Gasteiger partial charge in [0.25, 0.3) is 0 Å². The van der Waals surface area contributed by atoms with Gasteiger partial charge < -0.3 is 5.48 Å². The second-order valence-corrected chi connectivity index (χ2v) is 2.27. The van der Waals surface area contributed by atoms with Crippen LogP contribution >= 0.6 is 0 Å². The molecule has 0 unspecified atom stereocenters. The molecule has 0 heterocycles. The van der Waals surface area contributed by atoms with E-state index in [4.69, 9.17) is 40.1 Å². The first-order valence-electron chi connectivity index (χ1n) is 1.44. The third kappa shape index (κ3) is 1880. The standard InChI is InChI=1S/2ClHO4.H2O.O.Zr/c2*2-1(3,4)5;;;/h2*(H,2,3,4,5);1H2;;/q;;;;+2/p-2. The van der Waals surface area contributed by atoms with Crippen molar-refractivity contribution in [3.05, 3.63) is 0 Å². The summed E-state index contributed by atoms with van der Waals surface area (Å²) in [7, 11) is -9.89. The second-order valence-electron chi connectivity index (χ2n) is 0.756. The zero-order valence-corrected chi connectivity index (χ0v) is 9.40. The monoisotopic (exact) mass is 322 g/mol.